The number of ether oxygens (including phenoxy) is 1. The number of thiophene rings is 1. The first kappa shape index (κ1) is 17.0. The Balaban J connectivity index is 1.92. The van der Waals surface area contributed by atoms with E-state index in [1.807, 2.05) is 6.07 Å². The van der Waals surface area contributed by atoms with Crippen molar-refractivity contribution in [1.82, 2.24) is 0 Å². The lowest BCUT2D eigenvalue weighted by molar-refractivity contribution is -0.152. The number of nitrogens with one attached hydrogen (secondary N) is 1. The van der Waals surface area contributed by atoms with E-state index in [0.717, 1.165) is 0 Å². The van der Waals surface area contributed by atoms with E-state index in [2.05, 4.69) is 5.32 Å². The van der Waals surface area contributed by atoms with Crippen LogP contribution in [0.15, 0.2) is 35.7 Å². The van der Waals surface area contributed by atoms with Crippen LogP contribution in [0, 0.1) is 11.3 Å². The van der Waals surface area contributed by atoms with Crippen LogP contribution >= 0.6 is 22.9 Å². The number of anilines is 1. The minimum Gasteiger partial charge on any atom is -0.452 e. The molecule has 0 aliphatic heterocycles. The SMILES string of the molecule is C[C@H](OC(=O)Cc1ccccc1Cl)C(=O)Nc1sccc1C#N. The van der Waals surface area contributed by atoms with Crippen LogP contribution in [0.1, 0.15) is 18.1 Å². The fraction of sp³-hybridized carbons (Fsp3) is 0.188. The molecule has 0 saturated heterocycles. The van der Waals surface area contributed by atoms with E-state index >= 15 is 0 Å². The Morgan fingerprint density at radius 3 is 2.83 bits per heavy atom. The van der Waals surface area contributed by atoms with Gasteiger partial charge in [0.1, 0.15) is 11.1 Å². The van der Waals surface area contributed by atoms with Gasteiger partial charge in [0.2, 0.25) is 0 Å². The van der Waals surface area contributed by atoms with E-state index in [1.165, 1.54) is 18.3 Å². The first-order valence-corrected chi connectivity index (χ1v) is 7.98. The zero-order valence-corrected chi connectivity index (χ0v) is 13.8. The Hall–Kier alpha value is -2.36. The van der Waals surface area contributed by atoms with Crippen molar-refractivity contribution < 1.29 is 14.3 Å². The smallest absolute Gasteiger partial charge is 0.311 e. The third-order valence-electron chi connectivity index (χ3n) is 2.99. The number of hydrogen-bond donors (Lipinski definition) is 1. The molecule has 0 radical (unpaired) electrons. The van der Waals surface area contributed by atoms with Crippen LogP contribution in [-0.2, 0) is 20.7 Å². The Bertz CT molecular complexity index is 767. The molecule has 0 fully saturated rings. The molecule has 1 aromatic heterocycles. The molecule has 1 atom stereocenters. The first-order chi connectivity index (χ1) is 11.0. The number of hydrogen-bond acceptors (Lipinski definition) is 5. The van der Waals surface area contributed by atoms with Crippen molar-refractivity contribution in [2.24, 2.45) is 0 Å². The predicted octanol–water partition coefficient (Wildman–Crippen LogP) is 3.39. The molecule has 7 heteroatoms. The van der Waals surface area contributed by atoms with Crippen LogP contribution in [-0.4, -0.2) is 18.0 Å². The first-order valence-electron chi connectivity index (χ1n) is 6.72. The van der Waals surface area contributed by atoms with Gasteiger partial charge in [0, 0.05) is 5.02 Å². The molecule has 0 unspecified atom stereocenters. The number of amides is 1. The third kappa shape index (κ3) is 4.55. The van der Waals surface area contributed by atoms with Crippen molar-refractivity contribution in [2.75, 3.05) is 5.32 Å². The van der Waals surface area contributed by atoms with Crippen molar-refractivity contribution in [3.8, 4) is 6.07 Å². The van der Waals surface area contributed by atoms with Crippen molar-refractivity contribution in [3.05, 3.63) is 51.9 Å². The highest BCUT2D eigenvalue weighted by molar-refractivity contribution is 7.14. The van der Waals surface area contributed by atoms with Gasteiger partial charge in [-0.05, 0) is 30.0 Å². The largest absolute Gasteiger partial charge is 0.452 e. The molecule has 1 heterocycles. The highest BCUT2D eigenvalue weighted by Crippen LogP contribution is 2.22. The lowest BCUT2D eigenvalue weighted by atomic mass is 10.1. The summed E-state index contributed by atoms with van der Waals surface area (Å²) in [6.07, 6.45) is -0.988. The summed E-state index contributed by atoms with van der Waals surface area (Å²) >= 11 is 7.21. The minimum absolute atomic E-state index is 0.0141. The normalized spacial score (nSPS) is 11.3. The zero-order chi connectivity index (χ0) is 16.8. The Morgan fingerprint density at radius 1 is 1.39 bits per heavy atom. The van der Waals surface area contributed by atoms with Gasteiger partial charge in [0.25, 0.3) is 5.91 Å². The van der Waals surface area contributed by atoms with Gasteiger partial charge >= 0.3 is 5.97 Å². The third-order valence-corrected chi connectivity index (χ3v) is 4.19. The fourth-order valence-corrected chi connectivity index (χ4v) is 2.74. The molecule has 2 aromatic rings. The highest BCUT2D eigenvalue weighted by atomic mass is 35.5. The van der Waals surface area contributed by atoms with Crippen molar-refractivity contribution in [1.29, 1.82) is 5.26 Å². The maximum Gasteiger partial charge on any atom is 0.311 e. The summed E-state index contributed by atoms with van der Waals surface area (Å²) in [5, 5.41) is 14.1. The molecule has 0 aliphatic carbocycles. The van der Waals surface area contributed by atoms with Gasteiger partial charge in [-0.2, -0.15) is 5.26 Å². The standard InChI is InChI=1S/C16H13ClN2O3S/c1-10(15(21)19-16-12(9-18)6-7-23-16)22-14(20)8-11-4-2-3-5-13(11)17/h2-7,10H,8H2,1H3,(H,19,21)/t10-/m0/s1. The predicted molar refractivity (Wildman–Crippen MR) is 88.4 cm³/mol. The monoisotopic (exact) mass is 348 g/mol. The molecule has 1 N–H and O–H groups in total. The van der Waals surface area contributed by atoms with Gasteiger partial charge in [-0.1, -0.05) is 29.8 Å². The molecule has 0 saturated carbocycles. The number of benzene rings is 1. The summed E-state index contributed by atoms with van der Waals surface area (Å²) < 4.78 is 5.11. The molecule has 0 bridgehead atoms. The van der Waals surface area contributed by atoms with E-state index in [4.69, 9.17) is 21.6 Å². The molecule has 118 valence electrons. The number of halogens is 1. The van der Waals surface area contributed by atoms with Crippen molar-refractivity contribution >= 4 is 39.8 Å². The average molecular weight is 349 g/mol. The van der Waals surface area contributed by atoms with Gasteiger partial charge in [-0.15, -0.1) is 11.3 Å². The fourth-order valence-electron chi connectivity index (χ4n) is 1.80. The van der Waals surface area contributed by atoms with E-state index in [-0.39, 0.29) is 6.42 Å². The van der Waals surface area contributed by atoms with Crippen LogP contribution in [0.3, 0.4) is 0 Å². The molecule has 1 amide bonds. The zero-order valence-electron chi connectivity index (χ0n) is 12.2. The second kappa shape index (κ2) is 7.77. The van der Waals surface area contributed by atoms with E-state index in [0.29, 0.717) is 21.2 Å². The summed E-state index contributed by atoms with van der Waals surface area (Å²) in [5.41, 5.74) is 1.01. The molecule has 5 nitrogen and oxygen atoms in total. The van der Waals surface area contributed by atoms with Crippen LogP contribution < -0.4 is 5.32 Å². The lowest BCUT2D eigenvalue weighted by Gasteiger charge is -2.13. The highest BCUT2D eigenvalue weighted by Gasteiger charge is 2.20. The van der Waals surface area contributed by atoms with Crippen LogP contribution in [0.5, 0.6) is 0 Å². The molecule has 23 heavy (non-hydrogen) atoms. The second-order valence-electron chi connectivity index (χ2n) is 4.66. The Labute approximate surface area is 142 Å². The molecular weight excluding hydrogens is 336 g/mol. The Morgan fingerprint density at radius 2 is 2.13 bits per heavy atom. The number of rotatable bonds is 5. The number of esters is 1. The van der Waals surface area contributed by atoms with Crippen LogP contribution in [0.25, 0.3) is 0 Å². The van der Waals surface area contributed by atoms with Crippen molar-refractivity contribution in [2.45, 2.75) is 19.4 Å². The number of nitrogens with zero attached hydrogens (tertiary/aromatic N) is 1. The molecule has 1 aromatic carbocycles. The summed E-state index contributed by atoms with van der Waals surface area (Å²) in [6.45, 7) is 1.47. The number of carbonyl (C=O) groups is 2. The van der Waals surface area contributed by atoms with Crippen molar-refractivity contribution in [3.63, 3.8) is 0 Å². The molecular formula is C16H13ClN2O3S. The van der Waals surface area contributed by atoms with Gasteiger partial charge in [-0.25, -0.2) is 0 Å². The maximum atomic E-state index is 12.0. The minimum atomic E-state index is -0.973. The van der Waals surface area contributed by atoms with E-state index < -0.39 is 18.0 Å². The van der Waals surface area contributed by atoms with Gasteiger partial charge in [0.05, 0.1) is 12.0 Å². The van der Waals surface area contributed by atoms with E-state index in [9.17, 15) is 9.59 Å². The average Bonchev–Trinajstić information content (AvgIpc) is 2.96. The summed E-state index contributed by atoms with van der Waals surface area (Å²) in [5.74, 6) is -1.04. The quantitative estimate of drug-likeness (QED) is 0.840. The number of nitriles is 1. The lowest BCUT2D eigenvalue weighted by Crippen LogP contribution is -2.30. The maximum absolute atomic E-state index is 12.0. The van der Waals surface area contributed by atoms with Crippen LogP contribution in [0.4, 0.5) is 5.00 Å². The summed E-state index contributed by atoms with van der Waals surface area (Å²) in [7, 11) is 0. The molecule has 0 aliphatic rings. The second-order valence-corrected chi connectivity index (χ2v) is 5.99. The van der Waals surface area contributed by atoms with Gasteiger partial charge in [0.15, 0.2) is 6.10 Å². The van der Waals surface area contributed by atoms with Crippen LogP contribution in [0.2, 0.25) is 5.02 Å². The molecule has 2 rings (SSSR count). The van der Waals surface area contributed by atoms with Gasteiger partial charge in [-0.3, -0.25) is 9.59 Å². The van der Waals surface area contributed by atoms with Gasteiger partial charge < -0.3 is 10.1 Å². The molecule has 0 spiro atoms. The summed E-state index contributed by atoms with van der Waals surface area (Å²) in [6, 6.07) is 10.5. The van der Waals surface area contributed by atoms with E-state index in [1.54, 1.807) is 35.7 Å². The topological polar surface area (TPSA) is 79.2 Å². The Kier molecular flexibility index (Phi) is 5.74. The number of carbonyl (C=O) groups excluding carboxylic acids is 2. The summed E-state index contributed by atoms with van der Waals surface area (Å²) in [4.78, 5) is 23.9.